The van der Waals surface area contributed by atoms with Crippen molar-refractivity contribution in [2.45, 2.75) is 213 Å². The molecule has 0 aliphatic rings. The van der Waals surface area contributed by atoms with E-state index in [1.165, 1.54) is 173 Å². The number of ether oxygens (including phenoxy) is 2. The average Bonchev–Trinajstić information content (AvgIpc) is 3.00. The fourth-order valence-electron chi connectivity index (χ4n) is 5.84. The predicted octanol–water partition coefficient (Wildman–Crippen LogP) is 12.2. The summed E-state index contributed by atoms with van der Waals surface area (Å²) in [5, 5.41) is 0. The normalized spacial score (nSPS) is 12.7. The van der Waals surface area contributed by atoms with E-state index in [-0.39, 0.29) is 6.61 Å². The first-order valence-electron chi connectivity index (χ1n) is 19.4. The van der Waals surface area contributed by atoms with Gasteiger partial charge in [-0.05, 0) is 12.8 Å². The van der Waals surface area contributed by atoms with Gasteiger partial charge in [-0.25, -0.2) is 4.57 Å². The van der Waals surface area contributed by atoms with Gasteiger partial charge in [0.1, 0.15) is 6.10 Å². The molecule has 0 saturated carbocycles. The average molecular weight is 649 g/mol. The fourth-order valence-corrected chi connectivity index (χ4v) is 6.20. The van der Waals surface area contributed by atoms with Gasteiger partial charge in [0.05, 0.1) is 13.2 Å². The maximum Gasteiger partial charge on any atom is 0.469 e. The lowest BCUT2D eigenvalue weighted by Crippen LogP contribution is -2.26. The van der Waals surface area contributed by atoms with Crippen LogP contribution in [-0.2, 0) is 18.6 Å². The third-order valence-electron chi connectivity index (χ3n) is 8.73. The van der Waals surface area contributed by atoms with Gasteiger partial charge in [-0.3, -0.25) is 4.52 Å². The van der Waals surface area contributed by atoms with Crippen LogP contribution in [0.15, 0.2) is 0 Å². The Morgan fingerprint density at radius 3 is 1.05 bits per heavy atom. The molecule has 1 atom stereocenters. The first-order valence-corrected chi connectivity index (χ1v) is 20.9. The highest BCUT2D eigenvalue weighted by Crippen LogP contribution is 2.35. The van der Waals surface area contributed by atoms with E-state index in [1.807, 2.05) is 0 Å². The number of phosphoric ester groups is 1. The summed E-state index contributed by atoms with van der Waals surface area (Å²) in [6.07, 6.45) is 39.4. The molecule has 0 saturated heterocycles. The van der Waals surface area contributed by atoms with Gasteiger partial charge < -0.3 is 19.3 Å². The SMILES string of the molecule is CCCCCCCCCCCCCCCCCCOC(COCCCCCCCCCCCCCCCC)COP(=O)(O)O. The maximum atomic E-state index is 11.2. The minimum Gasteiger partial charge on any atom is -0.379 e. The molecule has 0 aromatic carbocycles. The molecule has 0 aromatic rings. The van der Waals surface area contributed by atoms with Gasteiger partial charge in [0.2, 0.25) is 0 Å². The van der Waals surface area contributed by atoms with Crippen molar-refractivity contribution < 1.29 is 28.3 Å². The third-order valence-corrected chi connectivity index (χ3v) is 9.21. The second kappa shape index (κ2) is 35.9. The molecular formula is C37H77O6P. The Morgan fingerprint density at radius 1 is 0.432 bits per heavy atom. The minimum absolute atomic E-state index is 0.137. The molecule has 0 aliphatic carbocycles. The zero-order valence-electron chi connectivity index (χ0n) is 29.6. The summed E-state index contributed by atoms with van der Waals surface area (Å²) in [5.41, 5.74) is 0. The van der Waals surface area contributed by atoms with Crippen LogP contribution in [0.5, 0.6) is 0 Å². The smallest absolute Gasteiger partial charge is 0.379 e. The molecule has 7 heteroatoms. The molecule has 0 rings (SSSR count). The van der Waals surface area contributed by atoms with Crippen molar-refractivity contribution in [3.05, 3.63) is 0 Å². The first-order chi connectivity index (χ1) is 21.5. The molecule has 0 aliphatic heterocycles. The molecule has 0 amide bonds. The Bertz CT molecular complexity index is 584. The molecular weight excluding hydrogens is 571 g/mol. The van der Waals surface area contributed by atoms with Crippen molar-refractivity contribution in [2.24, 2.45) is 0 Å². The monoisotopic (exact) mass is 649 g/mol. The topological polar surface area (TPSA) is 85.2 Å². The molecule has 44 heavy (non-hydrogen) atoms. The zero-order chi connectivity index (χ0) is 32.2. The Hall–Kier alpha value is 0.0300. The van der Waals surface area contributed by atoms with Gasteiger partial charge in [0.15, 0.2) is 0 Å². The molecule has 0 bridgehead atoms. The Morgan fingerprint density at radius 2 is 0.727 bits per heavy atom. The summed E-state index contributed by atoms with van der Waals surface area (Å²) in [6, 6.07) is 0. The van der Waals surface area contributed by atoms with Crippen molar-refractivity contribution >= 4 is 7.82 Å². The van der Waals surface area contributed by atoms with Crippen LogP contribution in [0.2, 0.25) is 0 Å². The molecule has 1 unspecified atom stereocenters. The first kappa shape index (κ1) is 44.0. The van der Waals surface area contributed by atoms with Crippen molar-refractivity contribution in [3.63, 3.8) is 0 Å². The van der Waals surface area contributed by atoms with Gasteiger partial charge >= 0.3 is 7.82 Å². The molecule has 6 nitrogen and oxygen atoms in total. The Labute approximate surface area is 274 Å². The third kappa shape index (κ3) is 38.2. The van der Waals surface area contributed by atoms with Crippen LogP contribution in [0.1, 0.15) is 206 Å². The molecule has 0 spiro atoms. The second-order valence-corrected chi connectivity index (χ2v) is 14.5. The molecule has 0 aromatic heterocycles. The predicted molar refractivity (Wildman–Crippen MR) is 188 cm³/mol. The minimum atomic E-state index is -4.51. The lowest BCUT2D eigenvalue weighted by atomic mass is 10.0. The Balaban J connectivity index is 3.63. The number of unbranched alkanes of at least 4 members (excludes halogenated alkanes) is 28. The summed E-state index contributed by atoms with van der Waals surface area (Å²) in [4.78, 5) is 18.2. The van der Waals surface area contributed by atoms with Crippen LogP contribution in [0, 0.1) is 0 Å². The van der Waals surface area contributed by atoms with E-state index >= 15 is 0 Å². The van der Waals surface area contributed by atoms with Gasteiger partial charge in [-0.1, -0.05) is 194 Å². The standard InChI is InChI=1S/C37H77O6P/c1-3-5-7-9-11-13-15-17-19-20-22-24-26-28-30-32-34-42-37(36-43-44(38,39)40)35-41-33-31-29-27-25-23-21-18-16-14-12-10-8-6-4-2/h37H,3-36H2,1-2H3,(H2,38,39,40). The molecule has 0 fully saturated rings. The lowest BCUT2D eigenvalue weighted by Gasteiger charge is -2.18. The molecule has 0 heterocycles. The highest BCUT2D eigenvalue weighted by atomic mass is 31.2. The summed E-state index contributed by atoms with van der Waals surface area (Å²) < 4.78 is 27.6. The van der Waals surface area contributed by atoms with E-state index in [9.17, 15) is 4.57 Å². The number of rotatable bonds is 38. The van der Waals surface area contributed by atoms with Gasteiger partial charge in [-0.2, -0.15) is 0 Å². The molecule has 2 N–H and O–H groups in total. The van der Waals surface area contributed by atoms with Crippen LogP contribution in [0.3, 0.4) is 0 Å². The maximum absolute atomic E-state index is 11.2. The van der Waals surface area contributed by atoms with Gasteiger partial charge in [-0.15, -0.1) is 0 Å². The van der Waals surface area contributed by atoms with E-state index in [4.69, 9.17) is 23.8 Å². The summed E-state index contributed by atoms with van der Waals surface area (Å²) >= 11 is 0. The summed E-state index contributed by atoms with van der Waals surface area (Å²) in [7, 11) is -4.51. The highest BCUT2D eigenvalue weighted by Gasteiger charge is 2.19. The summed E-state index contributed by atoms with van der Waals surface area (Å²) in [5.74, 6) is 0. The number of hydrogen-bond acceptors (Lipinski definition) is 4. The quantitative estimate of drug-likeness (QED) is 0.0512. The second-order valence-electron chi connectivity index (χ2n) is 13.3. The van der Waals surface area contributed by atoms with Crippen LogP contribution in [-0.4, -0.2) is 42.3 Å². The van der Waals surface area contributed by atoms with Crippen molar-refractivity contribution in [3.8, 4) is 0 Å². The fraction of sp³-hybridized carbons (Fsp3) is 1.00. The van der Waals surface area contributed by atoms with Crippen molar-refractivity contribution in [1.29, 1.82) is 0 Å². The zero-order valence-corrected chi connectivity index (χ0v) is 30.5. The van der Waals surface area contributed by atoms with E-state index in [2.05, 4.69) is 13.8 Å². The van der Waals surface area contributed by atoms with Crippen LogP contribution in [0.25, 0.3) is 0 Å². The van der Waals surface area contributed by atoms with E-state index < -0.39 is 13.9 Å². The van der Waals surface area contributed by atoms with E-state index in [0.717, 1.165) is 19.3 Å². The number of hydrogen-bond donors (Lipinski definition) is 2. The van der Waals surface area contributed by atoms with Crippen molar-refractivity contribution in [2.75, 3.05) is 26.4 Å². The van der Waals surface area contributed by atoms with E-state index in [0.29, 0.717) is 19.8 Å². The van der Waals surface area contributed by atoms with Gasteiger partial charge in [0.25, 0.3) is 0 Å². The largest absolute Gasteiger partial charge is 0.469 e. The van der Waals surface area contributed by atoms with Crippen molar-refractivity contribution in [1.82, 2.24) is 0 Å². The van der Waals surface area contributed by atoms with Crippen LogP contribution >= 0.6 is 7.82 Å². The van der Waals surface area contributed by atoms with Gasteiger partial charge in [0, 0.05) is 13.2 Å². The van der Waals surface area contributed by atoms with E-state index in [1.54, 1.807) is 0 Å². The number of phosphoric acid groups is 1. The van der Waals surface area contributed by atoms with Crippen LogP contribution < -0.4 is 0 Å². The lowest BCUT2D eigenvalue weighted by molar-refractivity contribution is -0.0429. The molecule has 266 valence electrons. The molecule has 0 radical (unpaired) electrons. The Kier molecular flexibility index (Phi) is 35.9. The van der Waals surface area contributed by atoms with Crippen LogP contribution in [0.4, 0.5) is 0 Å². The summed E-state index contributed by atoms with van der Waals surface area (Å²) in [6.45, 7) is 5.97. The highest BCUT2D eigenvalue weighted by molar-refractivity contribution is 7.46.